The van der Waals surface area contributed by atoms with Crippen molar-refractivity contribution in [2.24, 2.45) is 0 Å². The number of aromatic nitrogens is 2. The van der Waals surface area contributed by atoms with Crippen molar-refractivity contribution in [3.8, 4) is 11.3 Å². The fraction of sp³-hybridized carbons (Fsp3) is 0.231. The van der Waals surface area contributed by atoms with Gasteiger partial charge in [-0.25, -0.2) is 23.1 Å². The quantitative estimate of drug-likeness (QED) is 0.269. The zero-order chi connectivity index (χ0) is 25.5. The maximum Gasteiger partial charge on any atom is 0.151 e. The molecular formula is C26H24ClF3N3OP. The molecule has 0 saturated carbocycles. The molecule has 9 heteroatoms. The molecule has 0 aliphatic rings. The van der Waals surface area contributed by atoms with Crippen LogP contribution in [0.15, 0.2) is 48.5 Å². The first-order valence-electron chi connectivity index (χ1n) is 11.0. The summed E-state index contributed by atoms with van der Waals surface area (Å²) in [7, 11) is -2.85. The number of pyridine rings is 2. The molecule has 4 rings (SSSR count). The monoisotopic (exact) mass is 517 g/mol. The maximum absolute atomic E-state index is 15.1. The second-order valence-electron chi connectivity index (χ2n) is 8.72. The van der Waals surface area contributed by atoms with Gasteiger partial charge in [0.15, 0.2) is 5.82 Å². The first kappa shape index (κ1) is 25.2. The zero-order valence-electron chi connectivity index (χ0n) is 19.7. The summed E-state index contributed by atoms with van der Waals surface area (Å²) in [6.45, 7) is 6.52. The molecule has 1 atom stereocenters. The van der Waals surface area contributed by atoms with Crippen LogP contribution in [0.4, 0.5) is 18.9 Å². The average Bonchev–Trinajstić information content (AvgIpc) is 2.79. The average molecular weight is 518 g/mol. The Morgan fingerprint density at radius 3 is 2.34 bits per heavy atom. The number of benzene rings is 2. The number of nitrogens with zero attached hydrogens (tertiary/aromatic N) is 2. The van der Waals surface area contributed by atoms with E-state index in [1.165, 1.54) is 37.6 Å². The van der Waals surface area contributed by atoms with Crippen molar-refractivity contribution < 1.29 is 17.7 Å². The normalized spacial score (nSPS) is 12.7. The van der Waals surface area contributed by atoms with Gasteiger partial charge >= 0.3 is 0 Å². The lowest BCUT2D eigenvalue weighted by Gasteiger charge is -2.22. The Bertz CT molecular complexity index is 1490. The number of nitrogens with one attached hydrogen (secondary N) is 1. The number of rotatable bonds is 6. The third-order valence-electron chi connectivity index (χ3n) is 5.83. The highest BCUT2D eigenvalue weighted by molar-refractivity contribution is 7.70. The second-order valence-corrected chi connectivity index (χ2v) is 12.3. The maximum atomic E-state index is 15.1. The molecule has 0 radical (unpaired) electrons. The first-order valence-corrected chi connectivity index (χ1v) is 14.0. The highest BCUT2D eigenvalue weighted by Gasteiger charge is 2.22. The molecule has 2 aromatic heterocycles. The number of fused-ring (bicyclic) bond motifs is 1. The lowest BCUT2D eigenvalue weighted by Crippen LogP contribution is -2.13. The standard InChI is InChI=1S/C26H24ClF3N3OP/c1-5-20(16-8-6-7-9-17(16)28)32-26-23(27)14(2)31-21-13-19(30)24(33-25(21)26)15-10-11-22(18(29)12-15)35(3,4)34/h6-13,20H,5H2,1-4H3,(H,31,32)/t20-/m1/s1. The van der Waals surface area contributed by atoms with E-state index < -0.39 is 24.8 Å². The minimum Gasteiger partial charge on any atom is -0.375 e. The number of anilines is 1. The van der Waals surface area contributed by atoms with Gasteiger partial charge in [-0.05, 0) is 44.9 Å². The smallest absolute Gasteiger partial charge is 0.151 e. The lowest BCUT2D eigenvalue weighted by atomic mass is 10.0. The summed E-state index contributed by atoms with van der Waals surface area (Å²) < 4.78 is 56.6. The third kappa shape index (κ3) is 4.93. The van der Waals surface area contributed by atoms with Crippen molar-refractivity contribution >= 4 is 40.8 Å². The van der Waals surface area contributed by atoms with Crippen LogP contribution < -0.4 is 10.6 Å². The zero-order valence-corrected chi connectivity index (χ0v) is 21.3. The highest BCUT2D eigenvalue weighted by atomic mass is 35.5. The van der Waals surface area contributed by atoms with Gasteiger partial charge < -0.3 is 9.88 Å². The summed E-state index contributed by atoms with van der Waals surface area (Å²) in [4.78, 5) is 8.83. The minimum atomic E-state index is -2.85. The van der Waals surface area contributed by atoms with Gasteiger partial charge in [0.1, 0.15) is 30.0 Å². The van der Waals surface area contributed by atoms with Gasteiger partial charge in [-0.2, -0.15) is 0 Å². The van der Waals surface area contributed by atoms with Crippen LogP contribution >= 0.6 is 18.7 Å². The number of aryl methyl sites for hydroxylation is 1. The topological polar surface area (TPSA) is 54.9 Å². The molecule has 4 aromatic rings. The van der Waals surface area contributed by atoms with Gasteiger partial charge in [-0.3, -0.25) is 0 Å². The molecule has 0 aliphatic heterocycles. The third-order valence-corrected chi connectivity index (χ3v) is 7.81. The molecule has 0 unspecified atom stereocenters. The Kier molecular flexibility index (Phi) is 6.94. The van der Waals surface area contributed by atoms with Crippen molar-refractivity contribution in [2.45, 2.75) is 26.3 Å². The number of hydrogen-bond acceptors (Lipinski definition) is 4. The van der Waals surface area contributed by atoms with E-state index in [0.717, 1.165) is 6.07 Å². The fourth-order valence-corrected chi connectivity index (χ4v) is 5.22. The predicted octanol–water partition coefficient (Wildman–Crippen LogP) is 7.49. The summed E-state index contributed by atoms with van der Waals surface area (Å²) >= 11 is 6.59. The minimum absolute atomic E-state index is 0.0841. The van der Waals surface area contributed by atoms with Gasteiger partial charge in [0.2, 0.25) is 0 Å². The van der Waals surface area contributed by atoms with Gasteiger partial charge in [-0.1, -0.05) is 42.8 Å². The molecule has 4 nitrogen and oxygen atoms in total. The summed E-state index contributed by atoms with van der Waals surface area (Å²) in [5.74, 6) is -1.75. The molecule has 0 saturated heterocycles. The molecule has 0 fully saturated rings. The van der Waals surface area contributed by atoms with Crippen LogP contribution in [0, 0.1) is 24.4 Å². The molecule has 35 heavy (non-hydrogen) atoms. The number of hydrogen-bond donors (Lipinski definition) is 1. The van der Waals surface area contributed by atoms with Crippen molar-refractivity contribution in [3.05, 3.63) is 82.3 Å². The van der Waals surface area contributed by atoms with E-state index in [9.17, 15) is 13.3 Å². The van der Waals surface area contributed by atoms with E-state index in [1.807, 2.05) is 6.92 Å². The fourth-order valence-electron chi connectivity index (χ4n) is 4.02. The van der Waals surface area contributed by atoms with E-state index in [0.29, 0.717) is 23.4 Å². The van der Waals surface area contributed by atoms with E-state index in [2.05, 4.69) is 15.3 Å². The Balaban J connectivity index is 1.89. The SMILES string of the molecule is CC[C@@H](Nc1c(Cl)c(C)nc2cc(F)c(-c3ccc(P(C)(C)=O)c(F)c3)nc12)c1ccccc1F. The largest absolute Gasteiger partial charge is 0.375 e. The van der Waals surface area contributed by atoms with E-state index in [4.69, 9.17) is 11.6 Å². The van der Waals surface area contributed by atoms with E-state index >= 15 is 4.39 Å². The van der Waals surface area contributed by atoms with Gasteiger partial charge in [-0.15, -0.1) is 0 Å². The van der Waals surface area contributed by atoms with Gasteiger partial charge in [0.25, 0.3) is 0 Å². The van der Waals surface area contributed by atoms with Crippen LogP contribution in [0.5, 0.6) is 0 Å². The van der Waals surface area contributed by atoms with Crippen LogP contribution in [-0.4, -0.2) is 23.3 Å². The Hall–Kier alpha value is -2.89. The molecule has 0 aliphatic carbocycles. The molecular weight excluding hydrogens is 494 g/mol. The van der Waals surface area contributed by atoms with Crippen LogP contribution in [0.1, 0.15) is 30.6 Å². The Labute approximate surface area is 206 Å². The molecule has 2 aromatic carbocycles. The first-order chi connectivity index (χ1) is 16.5. The Morgan fingerprint density at radius 2 is 1.71 bits per heavy atom. The van der Waals surface area contributed by atoms with Gasteiger partial charge in [0.05, 0.1) is 28.0 Å². The molecule has 0 spiro atoms. The van der Waals surface area contributed by atoms with Crippen LogP contribution in [0.2, 0.25) is 5.02 Å². The van der Waals surface area contributed by atoms with E-state index in [-0.39, 0.29) is 38.4 Å². The molecule has 182 valence electrons. The summed E-state index contributed by atoms with van der Waals surface area (Å²) in [6.07, 6.45) is 0.537. The van der Waals surface area contributed by atoms with Crippen LogP contribution in [0.25, 0.3) is 22.3 Å². The molecule has 1 N–H and O–H groups in total. The summed E-state index contributed by atoms with van der Waals surface area (Å²) in [5.41, 5.74) is 1.90. The molecule has 0 bridgehead atoms. The van der Waals surface area contributed by atoms with Crippen molar-refractivity contribution in [1.29, 1.82) is 0 Å². The van der Waals surface area contributed by atoms with E-state index in [1.54, 1.807) is 25.1 Å². The van der Waals surface area contributed by atoms with Crippen molar-refractivity contribution in [2.75, 3.05) is 18.6 Å². The second kappa shape index (κ2) is 9.63. The molecule has 0 amide bonds. The summed E-state index contributed by atoms with van der Waals surface area (Å²) in [5, 5.41) is 3.63. The lowest BCUT2D eigenvalue weighted by molar-refractivity contribution is 0.584. The number of halogens is 4. The van der Waals surface area contributed by atoms with Crippen molar-refractivity contribution in [1.82, 2.24) is 9.97 Å². The van der Waals surface area contributed by atoms with Crippen LogP contribution in [-0.2, 0) is 4.57 Å². The highest BCUT2D eigenvalue weighted by Crippen LogP contribution is 2.39. The Morgan fingerprint density at radius 1 is 1.00 bits per heavy atom. The predicted molar refractivity (Wildman–Crippen MR) is 137 cm³/mol. The van der Waals surface area contributed by atoms with Crippen molar-refractivity contribution in [3.63, 3.8) is 0 Å². The molecule has 2 heterocycles. The summed E-state index contributed by atoms with van der Waals surface area (Å²) in [6, 6.07) is 11.2. The van der Waals surface area contributed by atoms with Gasteiger partial charge in [0, 0.05) is 22.5 Å². The van der Waals surface area contributed by atoms with Crippen LogP contribution in [0.3, 0.4) is 0 Å².